The number of hydrogen-bond acceptors (Lipinski definition) is 5. The minimum atomic E-state index is -0.805. The van der Waals surface area contributed by atoms with Crippen LogP contribution >= 0.6 is 0 Å². The molecule has 4 atom stereocenters. The van der Waals surface area contributed by atoms with Crippen LogP contribution in [-0.2, 0) is 16.0 Å². The number of amides is 2. The molecule has 4 N–H and O–H groups in total. The van der Waals surface area contributed by atoms with E-state index in [2.05, 4.69) is 20.5 Å². The average Bonchev–Trinajstić information content (AvgIpc) is 3.52. The average molecular weight is 610 g/mol. The molecule has 2 aliphatic heterocycles. The number of piperidine rings is 1. The van der Waals surface area contributed by atoms with Crippen LogP contribution in [0.25, 0.3) is 22.2 Å². The van der Waals surface area contributed by atoms with Gasteiger partial charge in [-0.15, -0.1) is 0 Å². The smallest absolute Gasteiger partial charge is 0.246 e. The van der Waals surface area contributed by atoms with Crippen LogP contribution in [0.3, 0.4) is 0 Å². The van der Waals surface area contributed by atoms with Crippen molar-refractivity contribution in [2.45, 2.75) is 83.6 Å². The Labute approximate surface area is 258 Å². The molecule has 2 saturated heterocycles. The lowest BCUT2D eigenvalue weighted by atomic mass is 9.85. The van der Waals surface area contributed by atoms with Gasteiger partial charge in [-0.05, 0) is 112 Å². The van der Waals surface area contributed by atoms with Crippen LogP contribution in [0, 0.1) is 17.0 Å². The highest BCUT2D eigenvalue weighted by Gasteiger charge is 2.43. The molecule has 3 aromatic rings. The van der Waals surface area contributed by atoms with E-state index < -0.39 is 23.6 Å². The first-order chi connectivity index (χ1) is 20.9. The molecule has 0 spiro atoms. The van der Waals surface area contributed by atoms with Crippen LogP contribution in [0.2, 0.25) is 0 Å². The van der Waals surface area contributed by atoms with Crippen molar-refractivity contribution >= 4 is 22.7 Å². The Balaban J connectivity index is 1.60. The molecule has 2 aliphatic rings. The van der Waals surface area contributed by atoms with Gasteiger partial charge in [-0.25, -0.2) is 8.78 Å². The van der Waals surface area contributed by atoms with Gasteiger partial charge in [0, 0.05) is 24.0 Å². The number of carbonyl (C=O) groups excluding carboxylic acids is 2. The zero-order valence-electron chi connectivity index (χ0n) is 26.3. The molecule has 1 aromatic heterocycles. The van der Waals surface area contributed by atoms with Crippen molar-refractivity contribution in [1.29, 1.82) is 0 Å². The Bertz CT molecular complexity index is 1490. The lowest BCUT2D eigenvalue weighted by Gasteiger charge is -2.36. The number of aromatic nitrogens is 1. The standard InChI is InChI=1S/C34H45F2N5O3/c1-20(37-5)32(43)39-31(34(2,3)4)33(44)40-19-26(42)17-25(40)18-28-27-11-10-23(36)16-29(27)41(24-12-14-38-15-13-24)30(28)21-6-8-22(35)9-7-21/h6-11,16,20,24-26,31,37-38,42H,12-15,17-19H2,1-5H3,(H,39,43)/t20-,25-,26-,31+/m0/s1. The van der Waals surface area contributed by atoms with Crippen LogP contribution in [0.1, 0.15) is 58.6 Å². The van der Waals surface area contributed by atoms with E-state index in [1.165, 1.54) is 18.2 Å². The van der Waals surface area contributed by atoms with Crippen molar-refractivity contribution in [1.82, 2.24) is 25.4 Å². The van der Waals surface area contributed by atoms with E-state index in [4.69, 9.17) is 0 Å². The minimum Gasteiger partial charge on any atom is -0.391 e. The zero-order chi connectivity index (χ0) is 31.8. The molecule has 44 heavy (non-hydrogen) atoms. The quantitative estimate of drug-likeness (QED) is 0.308. The van der Waals surface area contributed by atoms with Gasteiger partial charge >= 0.3 is 0 Å². The first-order valence-corrected chi connectivity index (χ1v) is 15.6. The van der Waals surface area contributed by atoms with E-state index in [1.54, 1.807) is 43.1 Å². The number of nitrogens with one attached hydrogen (secondary N) is 3. The number of β-amino-alcohol motifs (C(OH)–C–C–N with tert-alkyl or cyclic N) is 1. The normalized spacial score (nSPS) is 21.0. The molecule has 0 unspecified atom stereocenters. The number of aliphatic hydroxyl groups excluding tert-OH is 1. The van der Waals surface area contributed by atoms with E-state index in [0.29, 0.717) is 12.8 Å². The molecule has 2 aromatic carbocycles. The Morgan fingerprint density at radius 3 is 2.36 bits per heavy atom. The summed E-state index contributed by atoms with van der Waals surface area (Å²) in [6.07, 6.45) is 1.78. The number of fused-ring (bicyclic) bond motifs is 1. The predicted molar refractivity (Wildman–Crippen MR) is 168 cm³/mol. The molecule has 5 rings (SSSR count). The second kappa shape index (κ2) is 12.9. The van der Waals surface area contributed by atoms with Gasteiger partial charge in [0.15, 0.2) is 0 Å². The summed E-state index contributed by atoms with van der Waals surface area (Å²) >= 11 is 0. The molecule has 8 nitrogen and oxygen atoms in total. The Morgan fingerprint density at radius 2 is 1.73 bits per heavy atom. The number of hydrogen-bond donors (Lipinski definition) is 4. The molecule has 0 saturated carbocycles. The third-order valence-electron chi connectivity index (χ3n) is 9.20. The van der Waals surface area contributed by atoms with Gasteiger partial charge in [0.1, 0.15) is 17.7 Å². The molecular formula is C34H45F2N5O3. The third-order valence-corrected chi connectivity index (χ3v) is 9.20. The fourth-order valence-electron chi connectivity index (χ4n) is 6.73. The highest BCUT2D eigenvalue weighted by atomic mass is 19.1. The number of likely N-dealkylation sites (N-methyl/N-ethyl adjacent to an activating group) is 1. The van der Waals surface area contributed by atoms with Crippen LogP contribution < -0.4 is 16.0 Å². The van der Waals surface area contributed by atoms with Gasteiger partial charge < -0.3 is 30.5 Å². The Hall–Kier alpha value is -3.34. The second-order valence-electron chi connectivity index (χ2n) is 13.4. The first-order valence-electron chi connectivity index (χ1n) is 15.6. The van der Waals surface area contributed by atoms with Crippen LogP contribution in [0.5, 0.6) is 0 Å². The maximum Gasteiger partial charge on any atom is 0.246 e. The molecule has 0 aliphatic carbocycles. The third kappa shape index (κ3) is 6.53. The van der Waals surface area contributed by atoms with Crippen LogP contribution in [0.15, 0.2) is 42.5 Å². The first kappa shape index (κ1) is 32.1. The maximum absolute atomic E-state index is 14.8. The summed E-state index contributed by atoms with van der Waals surface area (Å²) in [5.74, 6) is -1.20. The van der Waals surface area contributed by atoms with Gasteiger partial charge in [0.05, 0.1) is 23.4 Å². The maximum atomic E-state index is 14.8. The van der Waals surface area contributed by atoms with E-state index >= 15 is 0 Å². The highest BCUT2D eigenvalue weighted by Crippen LogP contribution is 2.41. The summed E-state index contributed by atoms with van der Waals surface area (Å²) in [6, 6.07) is 9.63. The Morgan fingerprint density at radius 1 is 1.07 bits per heavy atom. The van der Waals surface area contributed by atoms with Gasteiger partial charge in [-0.2, -0.15) is 0 Å². The van der Waals surface area contributed by atoms with Gasteiger partial charge in [0.2, 0.25) is 11.8 Å². The molecule has 0 radical (unpaired) electrons. The largest absolute Gasteiger partial charge is 0.391 e. The second-order valence-corrected chi connectivity index (χ2v) is 13.4. The topological polar surface area (TPSA) is 98.6 Å². The van der Waals surface area contributed by atoms with E-state index in [9.17, 15) is 23.5 Å². The van der Waals surface area contributed by atoms with E-state index in [0.717, 1.165) is 53.7 Å². The fourth-order valence-corrected chi connectivity index (χ4v) is 6.73. The molecule has 2 fully saturated rings. The van der Waals surface area contributed by atoms with Crippen LogP contribution in [0.4, 0.5) is 8.78 Å². The number of carbonyl (C=O) groups is 2. The van der Waals surface area contributed by atoms with Gasteiger partial charge in [0.25, 0.3) is 0 Å². The lowest BCUT2D eigenvalue weighted by molar-refractivity contribution is -0.140. The van der Waals surface area contributed by atoms with Crippen molar-refractivity contribution in [3.05, 3.63) is 59.7 Å². The Kier molecular flexibility index (Phi) is 9.44. The minimum absolute atomic E-state index is 0.107. The molecule has 0 bridgehead atoms. The summed E-state index contributed by atoms with van der Waals surface area (Å²) < 4.78 is 31.1. The fraction of sp³-hybridized carbons (Fsp3) is 0.529. The number of rotatable bonds is 8. The highest BCUT2D eigenvalue weighted by molar-refractivity contribution is 5.93. The molecular weight excluding hydrogens is 564 g/mol. The molecule has 238 valence electrons. The zero-order valence-corrected chi connectivity index (χ0v) is 26.3. The molecule has 3 heterocycles. The monoisotopic (exact) mass is 609 g/mol. The van der Waals surface area contributed by atoms with Crippen molar-refractivity contribution in [2.24, 2.45) is 5.41 Å². The van der Waals surface area contributed by atoms with Gasteiger partial charge in [-0.3, -0.25) is 9.59 Å². The SMILES string of the molecule is CN[C@@H](C)C(=O)N[C@H](C(=O)N1C[C@@H](O)C[C@H]1Cc1c(-c2ccc(F)cc2)n(C2CCNCC2)c2cc(F)ccc12)C(C)(C)C. The number of aliphatic hydroxyl groups is 1. The number of nitrogens with zero attached hydrogens (tertiary/aromatic N) is 2. The molecule has 10 heteroatoms. The van der Waals surface area contributed by atoms with Crippen molar-refractivity contribution in [3.63, 3.8) is 0 Å². The summed E-state index contributed by atoms with van der Waals surface area (Å²) in [5.41, 5.74) is 2.81. The molecule has 2 amide bonds. The van der Waals surface area contributed by atoms with Crippen molar-refractivity contribution in [3.8, 4) is 11.3 Å². The number of benzene rings is 2. The predicted octanol–water partition coefficient (Wildman–Crippen LogP) is 4.15. The van der Waals surface area contributed by atoms with E-state index in [1.807, 2.05) is 20.8 Å². The van der Waals surface area contributed by atoms with Crippen molar-refractivity contribution in [2.75, 3.05) is 26.7 Å². The summed E-state index contributed by atoms with van der Waals surface area (Å²) in [7, 11) is 1.69. The summed E-state index contributed by atoms with van der Waals surface area (Å²) in [4.78, 5) is 28.8. The lowest BCUT2D eigenvalue weighted by Crippen LogP contribution is -2.58. The summed E-state index contributed by atoms with van der Waals surface area (Å²) in [5, 5.41) is 21.0. The van der Waals surface area contributed by atoms with E-state index in [-0.39, 0.29) is 42.1 Å². The summed E-state index contributed by atoms with van der Waals surface area (Å²) in [6.45, 7) is 9.29. The number of likely N-dealkylation sites (tertiary alicyclic amines) is 1. The van der Waals surface area contributed by atoms with Crippen LogP contribution in [-0.4, -0.2) is 77.3 Å². The number of halogens is 2. The van der Waals surface area contributed by atoms with Gasteiger partial charge in [-0.1, -0.05) is 20.8 Å². The van der Waals surface area contributed by atoms with Crippen molar-refractivity contribution < 1.29 is 23.5 Å².